The fourth-order valence-electron chi connectivity index (χ4n) is 16.6. The molecule has 7 aliphatic heterocycles. The number of aliphatic hydroxyl groups is 6. The van der Waals surface area contributed by atoms with Gasteiger partial charge in [0.15, 0.2) is 35.5 Å². The maximum absolute atomic E-state index is 16.5. The van der Waals surface area contributed by atoms with Gasteiger partial charge in [-0.25, -0.2) is 0 Å². The third-order valence-corrected chi connectivity index (χ3v) is 24.1. The molecule has 0 aliphatic carbocycles. The van der Waals surface area contributed by atoms with Gasteiger partial charge in [0.2, 0.25) is 41.6 Å². The lowest BCUT2D eigenvalue weighted by atomic mass is 9.79. The summed E-state index contributed by atoms with van der Waals surface area (Å²) in [5.74, 6) is -18.1. The summed E-state index contributed by atoms with van der Waals surface area (Å²) in [6, 6.07) is 8.52. The Hall–Kier alpha value is -8.64. The maximum Gasteiger partial charge on any atom is 0.247 e. The van der Waals surface area contributed by atoms with E-state index >= 15 is 28.8 Å². The number of fused-ring (bicyclic) bond motifs is 15. The highest BCUT2D eigenvalue weighted by molar-refractivity contribution is 6.32. The number of nitrogens with one attached hydrogen (secondary N) is 5. The zero-order valence-corrected chi connectivity index (χ0v) is 71.3. The molecule has 0 aromatic heterocycles. The van der Waals surface area contributed by atoms with Crippen LogP contribution >= 0.6 is 23.2 Å². The predicted molar refractivity (Wildman–Crippen MR) is 446 cm³/mol. The summed E-state index contributed by atoms with van der Waals surface area (Å²) in [6.07, 6.45) is -5.90. The summed E-state index contributed by atoms with van der Waals surface area (Å²) in [5, 5.41) is 119. The number of quaternary nitrogens is 1. The Bertz CT molecular complexity index is 4510. The summed E-state index contributed by atoms with van der Waals surface area (Å²) in [7, 11) is 5.71. The number of halogens is 2. The number of Topliss-reactive ketones (excluding diaryl/α,β-unsaturated/α-hetero) is 3. The van der Waals surface area contributed by atoms with E-state index in [9.17, 15) is 55.5 Å². The molecule has 5 amide bonds. The maximum atomic E-state index is 16.5. The third kappa shape index (κ3) is 23.8. The van der Waals surface area contributed by atoms with Gasteiger partial charge < -0.3 is 117 Å². The van der Waals surface area contributed by atoms with Gasteiger partial charge in [0.05, 0.1) is 80.0 Å². The first kappa shape index (κ1) is 94.6. The van der Waals surface area contributed by atoms with E-state index in [1.807, 2.05) is 13.8 Å². The van der Waals surface area contributed by atoms with Crippen LogP contribution in [0.25, 0.3) is 11.1 Å². The lowest BCUT2D eigenvalue weighted by molar-refractivity contribution is -0.890. The first-order chi connectivity index (χ1) is 57.4. The number of carbonyl (C=O) groups is 8. The van der Waals surface area contributed by atoms with Gasteiger partial charge in [0.25, 0.3) is 0 Å². The fraction of sp³-hybridized carbons (Fsp3) is 0.568. The molecule has 18 N–H and O–H groups in total. The van der Waals surface area contributed by atoms with Crippen molar-refractivity contribution in [2.75, 3.05) is 47.4 Å². The Morgan fingerprint density at radius 1 is 0.686 bits per heavy atom. The summed E-state index contributed by atoms with van der Waals surface area (Å²) in [4.78, 5) is 122. The van der Waals surface area contributed by atoms with Gasteiger partial charge in [-0.05, 0) is 128 Å². The average Bonchev–Trinajstić information content (AvgIpc) is 0.767. The van der Waals surface area contributed by atoms with Crippen LogP contribution in [0, 0.1) is 17.8 Å². The minimum atomic E-state index is -2.16. The SMILES string of the molecule is CCCCCCCCCCCCCC[N+](C)(C)CCCNC(=O)[C@H]1NC(=O)[C@H]2CC(=O)[C@@H](CC(=O)[C@@H]3NC(=O)[C@H](CC(N)=O)CC(=O)[C@H](NC(=O)[C@@H](CC(C)C)NC)[C@H](O)c4ccc(c(Cl)c4)Oc4cc3cc(c4OC3OC(CO)C(O)[C@H](O)[C@H]3O[C@H]3CC(C)(N)[C@H](O)[C@H](C)O3)Oc3ccc(cc3Cl)[C@H]2O)c2ccc(O)c(c2)-c2c(O)cc(O)cc21. The quantitative estimate of drug-likeness (QED) is 0.0151. The Kier molecular flexibility index (Phi) is 33.0. The van der Waals surface area contributed by atoms with Crippen molar-refractivity contribution in [2.45, 2.75) is 254 Å². The molecule has 2 fully saturated rings. The number of primary amides is 1. The second kappa shape index (κ2) is 42.2. The number of benzene rings is 5. The van der Waals surface area contributed by atoms with E-state index in [1.165, 1.54) is 127 Å². The molecule has 33 heteroatoms. The predicted octanol–water partition coefficient (Wildman–Crippen LogP) is 8.37. The second-order valence-corrected chi connectivity index (χ2v) is 35.0. The number of ketones is 3. The van der Waals surface area contributed by atoms with E-state index in [1.54, 1.807) is 0 Å². The number of hydrogen-bond acceptors (Lipinski definition) is 25. The van der Waals surface area contributed by atoms with Crippen LogP contribution in [0.3, 0.4) is 0 Å². The number of nitrogens with two attached hydrogens (primary N) is 2. The number of unbranched alkanes of at least 4 members (excludes halogenated alkanes) is 11. The number of aromatic hydroxyl groups is 3. The minimum absolute atomic E-state index is 0.0656. The highest BCUT2D eigenvalue weighted by Gasteiger charge is 2.52. The molecule has 31 nitrogen and oxygen atoms in total. The molecule has 11 bridgehead atoms. The second-order valence-electron chi connectivity index (χ2n) is 34.2. The molecule has 5 aromatic rings. The third-order valence-electron chi connectivity index (χ3n) is 23.6. The number of ether oxygens (including phenoxy) is 6. The molecular weight excluding hydrogens is 1610 g/mol. The molecule has 5 aromatic carbocycles. The van der Waals surface area contributed by atoms with Gasteiger partial charge in [0.1, 0.15) is 77.1 Å². The number of aliphatic hydroxyl groups excluding tert-OH is 6. The van der Waals surface area contributed by atoms with Gasteiger partial charge in [-0.15, -0.1) is 0 Å². The van der Waals surface area contributed by atoms with Crippen LogP contribution in [0.1, 0.15) is 215 Å². The zero-order valence-electron chi connectivity index (χ0n) is 69.8. The number of phenols is 3. The Balaban J connectivity index is 1.12. The molecule has 12 rings (SSSR count). The van der Waals surface area contributed by atoms with E-state index in [4.69, 9.17) is 63.1 Å². The van der Waals surface area contributed by atoms with Crippen molar-refractivity contribution >= 4 is 70.1 Å². The standard InChI is InChI=1S/C88H118Cl2N8O23/c1-9-10-11-12-13-14-15-16-17-18-19-20-29-98(7,8)30-21-28-94-86(115)74-55-39-52(100)40-62(103)72(55)54-32-47(22-25-60(54)101)53-41-64(105)73-50-36-67(117-65-26-23-48(33-57(65)89)76(107)56(42-61(53)102)84(113)96-74)80(121-87-81(79(110)78(109)69(44-99)119-87)120-71-43-88(5,92)82(111)46(4)116-71)68(37-50)118-66-27-24-49(34-58(66)90)77(108)75(97-85(114)59(93-6)31-45(2)3)63(104)35-51(38-70(91)106)83(112)95-73/h22-27,32-34,36-37,39-40,45-46,51,53,56,59,69,71,73-79,81-82,87,93,99,107-111H,9-21,28-31,35,38,41-44,92H2,1-8H3,(H8-,91,94,95,96,97,100,101,103,106,112,113,114,115)/p+1/t46-,51-,53-,56-,59+,69?,71-,73+,74-,75-,76+,77+,78?,79-,81+,82+,87?,88?/m0/s1. The van der Waals surface area contributed by atoms with E-state index in [0.29, 0.717) is 17.4 Å². The number of likely N-dealkylation sites (N-methyl/N-ethyl adjacent to an activating group) is 1. The van der Waals surface area contributed by atoms with Crippen molar-refractivity contribution in [3.8, 4) is 57.1 Å². The average molecular weight is 1730 g/mol. The molecule has 18 atom stereocenters. The van der Waals surface area contributed by atoms with Crippen molar-refractivity contribution in [3.05, 3.63) is 117 Å². The minimum Gasteiger partial charge on any atom is -0.508 e. The molecule has 2 saturated heterocycles. The summed E-state index contributed by atoms with van der Waals surface area (Å²) in [5.41, 5.74) is 9.52. The van der Waals surface area contributed by atoms with Crippen LogP contribution in [0.15, 0.2) is 78.9 Å². The van der Waals surface area contributed by atoms with Crippen LogP contribution < -0.4 is 52.3 Å². The largest absolute Gasteiger partial charge is 0.508 e. The van der Waals surface area contributed by atoms with Crippen molar-refractivity contribution in [1.82, 2.24) is 26.6 Å². The molecular formula is C88H119Cl2N8O23+. The van der Waals surface area contributed by atoms with Gasteiger partial charge in [-0.1, -0.05) is 126 Å². The first-order valence-corrected chi connectivity index (χ1v) is 42.7. The topological polar surface area (TPSA) is 486 Å². The van der Waals surface area contributed by atoms with Crippen molar-refractivity contribution in [3.63, 3.8) is 0 Å². The van der Waals surface area contributed by atoms with E-state index in [2.05, 4.69) is 47.6 Å². The van der Waals surface area contributed by atoms with Gasteiger partial charge in [0, 0.05) is 73.7 Å². The van der Waals surface area contributed by atoms with E-state index in [0.717, 1.165) is 56.1 Å². The van der Waals surface area contributed by atoms with Gasteiger partial charge in [-0.2, -0.15) is 0 Å². The molecule has 4 unspecified atom stereocenters. The Morgan fingerprint density at radius 2 is 1.29 bits per heavy atom. The molecule has 7 aliphatic rings. The summed E-state index contributed by atoms with van der Waals surface area (Å²) >= 11 is 14.4. The smallest absolute Gasteiger partial charge is 0.247 e. The number of phenolic OH excluding ortho intramolecular Hbond substituents is 3. The van der Waals surface area contributed by atoms with Crippen molar-refractivity contribution in [2.24, 2.45) is 29.2 Å². The number of rotatable bonds is 30. The van der Waals surface area contributed by atoms with Crippen LogP contribution in [-0.4, -0.2) is 212 Å². The first-order valence-electron chi connectivity index (χ1n) is 41.9. The molecule has 0 radical (unpaired) electrons. The number of hydrogen-bond donors (Lipinski definition) is 16. The van der Waals surface area contributed by atoms with Crippen LogP contribution in [0.2, 0.25) is 10.0 Å². The van der Waals surface area contributed by atoms with E-state index in [-0.39, 0.29) is 85.8 Å². The van der Waals surface area contributed by atoms with E-state index < -0.39 is 223 Å². The van der Waals surface area contributed by atoms with Gasteiger partial charge >= 0.3 is 0 Å². The van der Waals surface area contributed by atoms with Crippen LogP contribution in [0.5, 0.6) is 46.0 Å². The fourth-order valence-corrected chi connectivity index (χ4v) is 17.1. The number of nitrogens with zero attached hydrogens (tertiary/aromatic N) is 1. The highest BCUT2D eigenvalue weighted by Crippen LogP contribution is 2.51. The lowest BCUT2D eigenvalue weighted by Crippen LogP contribution is -2.64. The van der Waals surface area contributed by atoms with Crippen LogP contribution in [-0.2, 0) is 52.6 Å². The Labute approximate surface area is 714 Å². The lowest BCUT2D eigenvalue weighted by Gasteiger charge is -2.47. The zero-order chi connectivity index (χ0) is 88.1. The summed E-state index contributed by atoms with van der Waals surface area (Å²) < 4.78 is 39.6. The normalized spacial score (nSPS) is 26.9. The van der Waals surface area contributed by atoms with Crippen molar-refractivity contribution in [1.29, 1.82) is 0 Å². The summed E-state index contributed by atoms with van der Waals surface area (Å²) in [6.45, 7) is 9.59. The molecule has 0 spiro atoms. The Morgan fingerprint density at radius 3 is 1.88 bits per heavy atom. The number of amides is 5. The van der Waals surface area contributed by atoms with Crippen molar-refractivity contribution < 1.29 is 117 Å². The molecule has 121 heavy (non-hydrogen) atoms. The molecule has 0 saturated carbocycles. The monoisotopic (exact) mass is 1730 g/mol. The van der Waals surface area contributed by atoms with Gasteiger partial charge in [-0.3, -0.25) is 38.4 Å². The molecule has 662 valence electrons. The molecule has 7 heterocycles. The highest BCUT2D eigenvalue weighted by atomic mass is 35.5. The van der Waals surface area contributed by atoms with Crippen LogP contribution in [0.4, 0.5) is 0 Å². The number of carbonyl (C=O) groups excluding carboxylic acids is 8.